The molecule has 0 saturated heterocycles. The van der Waals surface area contributed by atoms with Crippen LogP contribution >= 0.6 is 11.8 Å². The van der Waals surface area contributed by atoms with E-state index in [2.05, 4.69) is 15.5 Å². The van der Waals surface area contributed by atoms with E-state index in [0.29, 0.717) is 10.9 Å². The van der Waals surface area contributed by atoms with Crippen LogP contribution < -0.4 is 10.1 Å². The number of nitrogens with one attached hydrogen (secondary N) is 1. The number of methoxy groups -OCH3 is 1. The average molecular weight is 292 g/mol. The van der Waals surface area contributed by atoms with Crippen molar-refractivity contribution in [2.45, 2.75) is 5.16 Å². The van der Waals surface area contributed by atoms with E-state index in [-0.39, 0.29) is 5.91 Å². The molecule has 1 heterocycles. The maximum Gasteiger partial charge on any atom is 0.230 e. The fourth-order valence-electron chi connectivity index (χ4n) is 1.63. The largest absolute Gasteiger partial charge is 0.497 e. The van der Waals surface area contributed by atoms with Gasteiger partial charge < -0.3 is 14.6 Å². The van der Waals surface area contributed by atoms with E-state index in [4.69, 9.17) is 4.74 Å². The molecule has 1 aromatic carbocycles. The summed E-state index contributed by atoms with van der Waals surface area (Å²) in [6.45, 7) is 0. The highest BCUT2D eigenvalue weighted by molar-refractivity contribution is 7.99. The highest BCUT2D eigenvalue weighted by Gasteiger charge is 2.12. The Labute approximate surface area is 121 Å². The Hall–Kier alpha value is -2.02. The van der Waals surface area contributed by atoms with Crippen LogP contribution in [-0.2, 0) is 11.8 Å². The number of nitrogens with zero attached hydrogens (tertiary/aromatic N) is 3. The summed E-state index contributed by atoms with van der Waals surface area (Å²) in [6, 6.07) is 7.61. The molecule has 0 aliphatic carbocycles. The Morgan fingerprint density at radius 1 is 1.35 bits per heavy atom. The lowest BCUT2D eigenvalue weighted by atomic mass is 10.2. The van der Waals surface area contributed by atoms with Crippen molar-refractivity contribution in [1.29, 1.82) is 0 Å². The van der Waals surface area contributed by atoms with Gasteiger partial charge in [0.15, 0.2) is 11.0 Å². The first-order chi connectivity index (χ1) is 9.65. The maximum absolute atomic E-state index is 11.2. The molecule has 2 rings (SSSR count). The molecule has 0 fully saturated rings. The van der Waals surface area contributed by atoms with Crippen LogP contribution in [0.1, 0.15) is 0 Å². The summed E-state index contributed by atoms with van der Waals surface area (Å²) < 4.78 is 7.00. The molecule has 0 aliphatic heterocycles. The molecule has 0 bridgehead atoms. The highest BCUT2D eigenvalue weighted by Crippen LogP contribution is 2.24. The van der Waals surface area contributed by atoms with Crippen molar-refractivity contribution in [3.05, 3.63) is 24.3 Å². The first-order valence-electron chi connectivity index (χ1n) is 6.03. The maximum atomic E-state index is 11.2. The van der Waals surface area contributed by atoms with Crippen molar-refractivity contribution in [3.8, 4) is 17.1 Å². The second-order valence-electron chi connectivity index (χ2n) is 4.06. The third-order valence-corrected chi connectivity index (χ3v) is 3.81. The number of rotatable bonds is 5. The van der Waals surface area contributed by atoms with Gasteiger partial charge in [-0.1, -0.05) is 11.8 Å². The van der Waals surface area contributed by atoms with Gasteiger partial charge in [-0.15, -0.1) is 10.2 Å². The summed E-state index contributed by atoms with van der Waals surface area (Å²) in [7, 11) is 5.12. The lowest BCUT2D eigenvalue weighted by Gasteiger charge is -2.04. The SMILES string of the molecule is CNC(=O)CSc1nnc(-c2ccc(OC)cc2)n1C. The van der Waals surface area contributed by atoms with Crippen molar-refractivity contribution >= 4 is 17.7 Å². The zero-order chi connectivity index (χ0) is 14.5. The Kier molecular flexibility index (Phi) is 4.62. The van der Waals surface area contributed by atoms with Gasteiger partial charge in [0.25, 0.3) is 0 Å². The number of hydrogen-bond donors (Lipinski definition) is 1. The summed E-state index contributed by atoms with van der Waals surface area (Å²) >= 11 is 1.36. The summed E-state index contributed by atoms with van der Waals surface area (Å²) in [4.78, 5) is 11.2. The number of aromatic nitrogens is 3. The fraction of sp³-hybridized carbons (Fsp3) is 0.308. The normalized spacial score (nSPS) is 10.3. The minimum absolute atomic E-state index is 0.0380. The summed E-state index contributed by atoms with van der Waals surface area (Å²) in [5.74, 6) is 1.84. The van der Waals surface area contributed by atoms with Gasteiger partial charge in [-0.2, -0.15) is 0 Å². The molecule has 0 atom stereocenters. The van der Waals surface area contributed by atoms with Crippen LogP contribution in [0.2, 0.25) is 0 Å². The Bertz CT molecular complexity index is 595. The zero-order valence-electron chi connectivity index (χ0n) is 11.6. The molecule has 0 spiro atoms. The second kappa shape index (κ2) is 6.42. The predicted octanol–water partition coefficient (Wildman–Crippen LogP) is 1.33. The number of amides is 1. The van der Waals surface area contributed by atoms with Crippen LogP contribution in [0.25, 0.3) is 11.4 Å². The standard InChI is InChI=1S/C13H16N4O2S/c1-14-11(18)8-20-13-16-15-12(17(13)2)9-4-6-10(19-3)7-5-9/h4-7H,8H2,1-3H3,(H,14,18). The van der Waals surface area contributed by atoms with Gasteiger partial charge >= 0.3 is 0 Å². The number of benzene rings is 1. The first-order valence-corrected chi connectivity index (χ1v) is 7.01. The smallest absolute Gasteiger partial charge is 0.230 e. The molecule has 6 nitrogen and oxygen atoms in total. The third kappa shape index (κ3) is 3.11. The molecule has 106 valence electrons. The van der Waals surface area contributed by atoms with Crippen LogP contribution in [0.4, 0.5) is 0 Å². The molecule has 1 N–H and O–H groups in total. The number of carbonyl (C=O) groups is 1. The van der Waals surface area contributed by atoms with Gasteiger partial charge in [0.2, 0.25) is 5.91 Å². The van der Waals surface area contributed by atoms with Gasteiger partial charge in [0.05, 0.1) is 12.9 Å². The fourth-order valence-corrected chi connectivity index (χ4v) is 2.42. The minimum Gasteiger partial charge on any atom is -0.497 e. The molecule has 0 aliphatic rings. The van der Waals surface area contributed by atoms with E-state index in [1.165, 1.54) is 11.8 Å². The van der Waals surface area contributed by atoms with Crippen LogP contribution in [0.15, 0.2) is 29.4 Å². The lowest BCUT2D eigenvalue weighted by molar-refractivity contribution is -0.118. The van der Waals surface area contributed by atoms with Gasteiger partial charge in [-0.05, 0) is 24.3 Å². The third-order valence-electron chi connectivity index (χ3n) is 2.79. The molecule has 1 amide bonds. The molecule has 0 unspecified atom stereocenters. The van der Waals surface area contributed by atoms with Gasteiger partial charge in [-0.25, -0.2) is 0 Å². The molecular weight excluding hydrogens is 276 g/mol. The van der Waals surface area contributed by atoms with Gasteiger partial charge in [0.1, 0.15) is 5.75 Å². The van der Waals surface area contributed by atoms with E-state index < -0.39 is 0 Å². The number of thioether (sulfide) groups is 1. The summed E-state index contributed by atoms with van der Waals surface area (Å²) in [6.07, 6.45) is 0. The monoisotopic (exact) mass is 292 g/mol. The van der Waals surface area contributed by atoms with Crippen molar-refractivity contribution in [2.24, 2.45) is 7.05 Å². The summed E-state index contributed by atoms with van der Waals surface area (Å²) in [5.41, 5.74) is 0.951. The quantitative estimate of drug-likeness (QED) is 0.842. The van der Waals surface area contributed by atoms with Crippen LogP contribution in [0, 0.1) is 0 Å². The first kappa shape index (κ1) is 14.4. The number of carbonyl (C=O) groups excluding carboxylic acids is 1. The Morgan fingerprint density at radius 2 is 2.05 bits per heavy atom. The minimum atomic E-state index is -0.0380. The van der Waals surface area contributed by atoms with Crippen LogP contribution in [0.5, 0.6) is 5.75 Å². The van der Waals surface area contributed by atoms with Crippen LogP contribution in [0.3, 0.4) is 0 Å². The topological polar surface area (TPSA) is 69.0 Å². The van der Waals surface area contributed by atoms with Crippen molar-refractivity contribution in [3.63, 3.8) is 0 Å². The average Bonchev–Trinajstić information content (AvgIpc) is 2.86. The molecular formula is C13H16N4O2S. The van der Waals surface area contributed by atoms with Gasteiger partial charge in [-0.3, -0.25) is 4.79 Å². The number of hydrogen-bond acceptors (Lipinski definition) is 5. The van der Waals surface area contributed by atoms with E-state index in [1.54, 1.807) is 14.2 Å². The van der Waals surface area contributed by atoms with E-state index in [1.807, 2.05) is 35.9 Å². The van der Waals surface area contributed by atoms with E-state index in [0.717, 1.165) is 17.1 Å². The Morgan fingerprint density at radius 3 is 2.65 bits per heavy atom. The van der Waals surface area contributed by atoms with E-state index in [9.17, 15) is 4.79 Å². The number of ether oxygens (including phenoxy) is 1. The van der Waals surface area contributed by atoms with Crippen LogP contribution in [-0.4, -0.2) is 40.6 Å². The molecule has 7 heteroatoms. The summed E-state index contributed by atoms with van der Waals surface area (Å²) in [5, 5.41) is 11.6. The lowest BCUT2D eigenvalue weighted by Crippen LogP contribution is -2.20. The van der Waals surface area contributed by atoms with Crippen molar-refractivity contribution in [1.82, 2.24) is 20.1 Å². The Balaban J connectivity index is 2.16. The molecule has 2 aromatic rings. The predicted molar refractivity (Wildman–Crippen MR) is 77.8 cm³/mol. The molecule has 1 aromatic heterocycles. The molecule has 0 radical (unpaired) electrons. The van der Waals surface area contributed by atoms with E-state index >= 15 is 0 Å². The van der Waals surface area contributed by atoms with Gasteiger partial charge in [0, 0.05) is 19.7 Å². The van der Waals surface area contributed by atoms with Crippen molar-refractivity contribution in [2.75, 3.05) is 19.9 Å². The molecule has 20 heavy (non-hydrogen) atoms. The second-order valence-corrected chi connectivity index (χ2v) is 5.00. The molecule has 0 saturated carbocycles. The zero-order valence-corrected chi connectivity index (χ0v) is 12.4. The highest BCUT2D eigenvalue weighted by atomic mass is 32.2. The van der Waals surface area contributed by atoms with Crippen molar-refractivity contribution < 1.29 is 9.53 Å².